The third-order valence-electron chi connectivity index (χ3n) is 3.21. The molecule has 19 heavy (non-hydrogen) atoms. The fraction of sp³-hybridized carbons (Fsp3) is 0.133. The Balaban J connectivity index is 1.92. The maximum Gasteiger partial charge on any atom is 0.201 e. The SMILES string of the molecule is Nc1nc2ccc(Br)cc2n1CCc1ccccc1. The molecular weight excluding hydrogens is 302 g/mol. The van der Waals surface area contributed by atoms with Crippen molar-refractivity contribution in [3.8, 4) is 0 Å². The average Bonchev–Trinajstić information content (AvgIpc) is 2.73. The number of nitrogens with zero attached hydrogens (tertiary/aromatic N) is 2. The van der Waals surface area contributed by atoms with Crippen LogP contribution in [0.4, 0.5) is 5.95 Å². The van der Waals surface area contributed by atoms with Gasteiger partial charge in [0, 0.05) is 11.0 Å². The molecule has 2 aromatic carbocycles. The van der Waals surface area contributed by atoms with Gasteiger partial charge < -0.3 is 10.3 Å². The van der Waals surface area contributed by atoms with Crippen LogP contribution in [-0.2, 0) is 13.0 Å². The molecule has 0 atom stereocenters. The molecule has 3 nitrogen and oxygen atoms in total. The molecule has 96 valence electrons. The van der Waals surface area contributed by atoms with Gasteiger partial charge in [-0.1, -0.05) is 46.3 Å². The zero-order valence-corrected chi connectivity index (χ0v) is 12.0. The first kappa shape index (κ1) is 12.2. The molecule has 3 rings (SSSR count). The average molecular weight is 316 g/mol. The van der Waals surface area contributed by atoms with Crippen LogP contribution in [0, 0.1) is 0 Å². The summed E-state index contributed by atoms with van der Waals surface area (Å²) in [6, 6.07) is 16.4. The second-order valence-electron chi connectivity index (χ2n) is 4.49. The van der Waals surface area contributed by atoms with Crippen molar-refractivity contribution < 1.29 is 0 Å². The molecule has 0 fully saturated rings. The zero-order chi connectivity index (χ0) is 13.2. The van der Waals surface area contributed by atoms with E-state index in [2.05, 4.69) is 55.8 Å². The van der Waals surface area contributed by atoms with E-state index < -0.39 is 0 Å². The van der Waals surface area contributed by atoms with E-state index in [1.807, 2.05) is 18.2 Å². The minimum absolute atomic E-state index is 0.573. The molecule has 1 heterocycles. The lowest BCUT2D eigenvalue weighted by atomic mass is 10.1. The molecule has 0 aliphatic carbocycles. The smallest absolute Gasteiger partial charge is 0.201 e. The van der Waals surface area contributed by atoms with E-state index >= 15 is 0 Å². The van der Waals surface area contributed by atoms with Gasteiger partial charge in [0.2, 0.25) is 5.95 Å². The molecular formula is C15H14BrN3. The van der Waals surface area contributed by atoms with Crippen LogP contribution in [-0.4, -0.2) is 9.55 Å². The van der Waals surface area contributed by atoms with Gasteiger partial charge >= 0.3 is 0 Å². The van der Waals surface area contributed by atoms with Gasteiger partial charge in [0.25, 0.3) is 0 Å². The second-order valence-corrected chi connectivity index (χ2v) is 5.41. The van der Waals surface area contributed by atoms with Gasteiger partial charge in [-0.05, 0) is 30.2 Å². The molecule has 0 saturated heterocycles. The fourth-order valence-electron chi connectivity index (χ4n) is 2.24. The number of anilines is 1. The molecule has 0 amide bonds. The number of imidazole rings is 1. The number of benzene rings is 2. The lowest BCUT2D eigenvalue weighted by Crippen LogP contribution is -2.05. The Morgan fingerprint density at radius 1 is 1.11 bits per heavy atom. The Morgan fingerprint density at radius 3 is 2.68 bits per heavy atom. The summed E-state index contributed by atoms with van der Waals surface area (Å²) >= 11 is 3.49. The lowest BCUT2D eigenvalue weighted by molar-refractivity contribution is 0.726. The number of nitrogen functional groups attached to an aromatic ring is 1. The first-order valence-electron chi connectivity index (χ1n) is 6.19. The van der Waals surface area contributed by atoms with Crippen LogP contribution in [0.2, 0.25) is 0 Å². The van der Waals surface area contributed by atoms with Crippen LogP contribution in [0.5, 0.6) is 0 Å². The number of aryl methyl sites for hydroxylation is 2. The van der Waals surface area contributed by atoms with Crippen molar-refractivity contribution in [1.29, 1.82) is 0 Å². The van der Waals surface area contributed by atoms with Crippen LogP contribution < -0.4 is 5.73 Å². The first-order chi connectivity index (χ1) is 9.24. The van der Waals surface area contributed by atoms with Gasteiger partial charge in [-0.25, -0.2) is 4.98 Å². The van der Waals surface area contributed by atoms with E-state index in [0.29, 0.717) is 5.95 Å². The standard InChI is InChI=1S/C15H14BrN3/c16-12-6-7-13-14(10-12)19(15(17)18-13)9-8-11-4-2-1-3-5-11/h1-7,10H,8-9H2,(H2,17,18). The number of hydrogen-bond acceptors (Lipinski definition) is 2. The monoisotopic (exact) mass is 315 g/mol. The molecule has 0 bridgehead atoms. The Kier molecular flexibility index (Phi) is 3.25. The number of fused-ring (bicyclic) bond motifs is 1. The van der Waals surface area contributed by atoms with Crippen LogP contribution in [0.3, 0.4) is 0 Å². The molecule has 3 aromatic rings. The van der Waals surface area contributed by atoms with Crippen molar-refractivity contribution in [3.05, 3.63) is 58.6 Å². The molecule has 4 heteroatoms. The number of hydrogen-bond donors (Lipinski definition) is 1. The van der Waals surface area contributed by atoms with E-state index in [4.69, 9.17) is 5.73 Å². The maximum absolute atomic E-state index is 6.00. The van der Waals surface area contributed by atoms with Crippen molar-refractivity contribution in [2.45, 2.75) is 13.0 Å². The quantitative estimate of drug-likeness (QED) is 0.802. The van der Waals surface area contributed by atoms with Crippen LogP contribution in [0.15, 0.2) is 53.0 Å². The molecule has 2 N–H and O–H groups in total. The van der Waals surface area contributed by atoms with Gasteiger partial charge in [0.15, 0.2) is 0 Å². The number of aromatic nitrogens is 2. The fourth-order valence-corrected chi connectivity index (χ4v) is 2.58. The van der Waals surface area contributed by atoms with Crippen molar-refractivity contribution in [3.63, 3.8) is 0 Å². The van der Waals surface area contributed by atoms with Gasteiger partial charge in [-0.15, -0.1) is 0 Å². The highest BCUT2D eigenvalue weighted by molar-refractivity contribution is 9.10. The zero-order valence-electron chi connectivity index (χ0n) is 10.4. The molecule has 0 saturated carbocycles. The third-order valence-corrected chi connectivity index (χ3v) is 3.70. The van der Waals surface area contributed by atoms with Crippen molar-refractivity contribution >= 4 is 32.9 Å². The van der Waals surface area contributed by atoms with Crippen LogP contribution in [0.25, 0.3) is 11.0 Å². The van der Waals surface area contributed by atoms with Crippen molar-refractivity contribution in [1.82, 2.24) is 9.55 Å². The van der Waals surface area contributed by atoms with Gasteiger partial charge in [-0.2, -0.15) is 0 Å². The number of rotatable bonds is 3. The Morgan fingerprint density at radius 2 is 1.89 bits per heavy atom. The predicted molar refractivity (Wildman–Crippen MR) is 82.0 cm³/mol. The van der Waals surface area contributed by atoms with Gasteiger partial charge in [0.1, 0.15) is 0 Å². The molecule has 0 spiro atoms. The summed E-state index contributed by atoms with van der Waals surface area (Å²) in [4.78, 5) is 4.39. The number of nitrogens with two attached hydrogens (primary N) is 1. The van der Waals surface area contributed by atoms with Crippen molar-refractivity contribution in [2.75, 3.05) is 5.73 Å². The van der Waals surface area contributed by atoms with Gasteiger partial charge in [0.05, 0.1) is 11.0 Å². The highest BCUT2D eigenvalue weighted by Crippen LogP contribution is 2.22. The first-order valence-corrected chi connectivity index (χ1v) is 6.98. The van der Waals surface area contributed by atoms with E-state index in [9.17, 15) is 0 Å². The molecule has 0 aliphatic rings. The normalized spacial score (nSPS) is 11.0. The molecule has 0 aliphatic heterocycles. The topological polar surface area (TPSA) is 43.8 Å². The summed E-state index contributed by atoms with van der Waals surface area (Å²) < 4.78 is 3.11. The Bertz CT molecular complexity index is 704. The van der Waals surface area contributed by atoms with Crippen LogP contribution >= 0.6 is 15.9 Å². The van der Waals surface area contributed by atoms with Crippen molar-refractivity contribution in [2.24, 2.45) is 0 Å². The Hall–Kier alpha value is -1.81. The van der Waals surface area contributed by atoms with Crippen LogP contribution in [0.1, 0.15) is 5.56 Å². The Labute approximate surface area is 120 Å². The predicted octanol–water partition coefficient (Wildman–Crippen LogP) is 3.62. The maximum atomic E-state index is 6.00. The summed E-state index contributed by atoms with van der Waals surface area (Å²) in [5.74, 6) is 0.573. The third kappa shape index (κ3) is 2.49. The van der Waals surface area contributed by atoms with E-state index in [1.54, 1.807) is 0 Å². The minimum Gasteiger partial charge on any atom is -0.369 e. The summed E-state index contributed by atoms with van der Waals surface area (Å²) in [6.07, 6.45) is 0.947. The summed E-state index contributed by atoms with van der Waals surface area (Å²) in [6.45, 7) is 0.836. The van der Waals surface area contributed by atoms with E-state index in [1.165, 1.54) is 5.56 Å². The second kappa shape index (κ2) is 5.05. The largest absolute Gasteiger partial charge is 0.369 e. The highest BCUT2D eigenvalue weighted by atomic mass is 79.9. The van der Waals surface area contributed by atoms with E-state index in [0.717, 1.165) is 28.5 Å². The summed E-state index contributed by atoms with van der Waals surface area (Å²) in [5, 5.41) is 0. The molecule has 1 aromatic heterocycles. The number of halogens is 1. The molecule has 0 unspecified atom stereocenters. The lowest BCUT2D eigenvalue weighted by Gasteiger charge is -2.06. The molecule has 0 radical (unpaired) electrons. The minimum atomic E-state index is 0.573. The summed E-state index contributed by atoms with van der Waals surface area (Å²) in [5.41, 5.74) is 9.32. The van der Waals surface area contributed by atoms with Gasteiger partial charge in [-0.3, -0.25) is 0 Å². The highest BCUT2D eigenvalue weighted by Gasteiger charge is 2.08. The van der Waals surface area contributed by atoms with E-state index in [-0.39, 0.29) is 0 Å². The summed E-state index contributed by atoms with van der Waals surface area (Å²) in [7, 11) is 0.